The summed E-state index contributed by atoms with van der Waals surface area (Å²) in [6.07, 6.45) is -0.491. The fraction of sp³-hybridized carbons (Fsp3) is 0.526. The van der Waals surface area contributed by atoms with Crippen LogP contribution in [0.3, 0.4) is 0 Å². The first-order valence-corrected chi connectivity index (χ1v) is 18.3. The third-order valence-electron chi connectivity index (χ3n) is 10.1. The van der Waals surface area contributed by atoms with Crippen molar-refractivity contribution in [1.29, 1.82) is 0 Å². The van der Waals surface area contributed by atoms with Crippen molar-refractivity contribution in [3.8, 4) is 5.75 Å². The van der Waals surface area contributed by atoms with E-state index in [0.717, 1.165) is 18.4 Å². The number of halogens is 1. The molecule has 0 aliphatic carbocycles. The first kappa shape index (κ1) is 40.1. The SMILES string of the molecule is CC(=O)N[C@H]1[C@H]2O[C@](C(=O)O)(C/C=C/c3cccc(c3)[C@@H](NC(=O)C3CCCOC3)CCCCc3cc(cc(Cl)c3O)C(=O)NC[C@@H](O)[C@H]2O)C[C@@H]1O. The van der Waals surface area contributed by atoms with E-state index >= 15 is 0 Å². The summed E-state index contributed by atoms with van der Waals surface area (Å²) in [5.41, 5.74) is -0.0366. The van der Waals surface area contributed by atoms with E-state index in [1.54, 1.807) is 12.2 Å². The Kier molecular flexibility index (Phi) is 13.5. The van der Waals surface area contributed by atoms with E-state index in [9.17, 15) is 44.7 Å². The number of nitrogens with one attached hydrogen (secondary N) is 3. The predicted molar refractivity (Wildman–Crippen MR) is 193 cm³/mol. The highest BCUT2D eigenvalue weighted by atomic mass is 35.5. The van der Waals surface area contributed by atoms with Crippen LogP contribution in [0, 0.1) is 5.92 Å². The van der Waals surface area contributed by atoms with Crippen molar-refractivity contribution in [3.63, 3.8) is 0 Å². The Morgan fingerprint density at radius 2 is 1.81 bits per heavy atom. The number of phenolic OH excluding ortho intramolecular Hbond substituents is 1. The Balaban J connectivity index is 1.50. The molecule has 2 saturated heterocycles. The number of aryl methyl sites for hydroxylation is 1. The van der Waals surface area contributed by atoms with Crippen molar-refractivity contribution in [1.82, 2.24) is 16.0 Å². The molecule has 0 spiro atoms. The number of fused-ring (bicyclic) bond motifs is 6. The zero-order valence-electron chi connectivity index (χ0n) is 29.5. The number of aliphatic hydroxyl groups is 3. The Morgan fingerprint density at radius 3 is 2.53 bits per heavy atom. The quantitative estimate of drug-likeness (QED) is 0.226. The number of β-amino-alcohol motifs (C(OH)–C–C–N with tert-alkyl or cyclic N) is 1. The summed E-state index contributed by atoms with van der Waals surface area (Å²) in [5.74, 6) is -3.26. The molecule has 14 nitrogen and oxygen atoms in total. The lowest BCUT2D eigenvalue weighted by molar-refractivity contribution is -0.226. The lowest BCUT2D eigenvalue weighted by Crippen LogP contribution is -2.67. The first-order valence-electron chi connectivity index (χ1n) is 17.9. The van der Waals surface area contributed by atoms with Crippen molar-refractivity contribution in [2.45, 2.75) is 100 Å². The van der Waals surface area contributed by atoms with Crippen LogP contribution < -0.4 is 16.0 Å². The molecule has 0 saturated carbocycles. The number of hydrogen-bond donors (Lipinski definition) is 8. The maximum atomic E-state index is 13.4. The van der Waals surface area contributed by atoms with E-state index in [1.165, 1.54) is 19.1 Å². The second kappa shape index (κ2) is 17.9. The standard InChI is InChI=1S/C38H48ClN3O11/c1-21(43)41-31-29(44)18-38(37(50)51)13-5-8-22-7-4-10-23(15-22)28(42-36(49)25-11-6-14-52-20-25)12-3-2-9-24-16-26(17-27(39)32(24)46)35(48)40-19-30(45)33(47)34(31)53-38/h4-5,7-8,10,15-17,25,28-31,33-34,44-47H,2-3,6,9,11-14,18-20H2,1H3,(H,40,48)(H,41,43)(H,42,49)(H,50,51)/b8-5+/t25?,28-,29-,30+,31+,33+,34+,38+/m0/s1. The molecule has 3 aliphatic rings. The number of benzene rings is 2. The smallest absolute Gasteiger partial charge is 0.336 e. The van der Waals surface area contributed by atoms with Gasteiger partial charge < -0.3 is 51.0 Å². The van der Waals surface area contributed by atoms with Gasteiger partial charge in [0, 0.05) is 38.5 Å². The molecular formula is C38H48ClN3O11. The van der Waals surface area contributed by atoms with Crippen LogP contribution in [0.1, 0.15) is 85.0 Å². The zero-order chi connectivity index (χ0) is 38.3. The van der Waals surface area contributed by atoms with Gasteiger partial charge in [0.25, 0.3) is 5.91 Å². The van der Waals surface area contributed by atoms with E-state index in [2.05, 4.69) is 16.0 Å². The molecule has 53 heavy (non-hydrogen) atoms. The number of aliphatic carboxylic acids is 1. The second-order valence-electron chi connectivity index (χ2n) is 14.1. The highest BCUT2D eigenvalue weighted by Gasteiger charge is 2.54. The average molecular weight is 758 g/mol. The number of amides is 3. The molecule has 3 amide bonds. The minimum Gasteiger partial charge on any atom is -0.506 e. The zero-order valence-corrected chi connectivity index (χ0v) is 30.3. The molecule has 288 valence electrons. The predicted octanol–water partition coefficient (Wildman–Crippen LogP) is 2.39. The number of carbonyl (C=O) groups is 4. The fourth-order valence-corrected chi connectivity index (χ4v) is 7.46. The van der Waals surface area contributed by atoms with Crippen LogP contribution >= 0.6 is 11.6 Å². The molecule has 2 aromatic carbocycles. The maximum Gasteiger partial charge on any atom is 0.336 e. The van der Waals surface area contributed by atoms with Gasteiger partial charge in [-0.1, -0.05) is 48.4 Å². The van der Waals surface area contributed by atoms with E-state index in [-0.39, 0.29) is 40.6 Å². The number of carboxylic acids is 1. The van der Waals surface area contributed by atoms with Gasteiger partial charge in [0.05, 0.1) is 41.8 Å². The number of phenols is 1. The number of carboxylic acid groups (broad SMARTS) is 1. The first-order chi connectivity index (χ1) is 25.3. The number of rotatable bonds is 4. The Morgan fingerprint density at radius 1 is 1.02 bits per heavy atom. The van der Waals surface area contributed by atoms with Gasteiger partial charge in [-0.15, -0.1) is 0 Å². The Hall–Kier alpha value is -4.05. The van der Waals surface area contributed by atoms with E-state index < -0.39 is 66.8 Å². The highest BCUT2D eigenvalue weighted by Crippen LogP contribution is 2.36. The minimum atomic E-state index is -2.06. The summed E-state index contributed by atoms with van der Waals surface area (Å²) in [4.78, 5) is 51.4. The van der Waals surface area contributed by atoms with Gasteiger partial charge in [-0.05, 0) is 67.0 Å². The van der Waals surface area contributed by atoms with Crippen LogP contribution in [0.2, 0.25) is 5.02 Å². The van der Waals surface area contributed by atoms with Gasteiger partial charge in [-0.2, -0.15) is 0 Å². The molecule has 0 aromatic heterocycles. The van der Waals surface area contributed by atoms with Crippen LogP contribution in [0.4, 0.5) is 0 Å². The van der Waals surface area contributed by atoms with Crippen molar-refractivity contribution in [2.75, 3.05) is 19.8 Å². The van der Waals surface area contributed by atoms with Crippen molar-refractivity contribution < 1.29 is 54.2 Å². The van der Waals surface area contributed by atoms with Crippen LogP contribution in [0.25, 0.3) is 6.08 Å². The molecule has 15 heteroatoms. The minimum absolute atomic E-state index is 0.0554. The van der Waals surface area contributed by atoms with Crippen LogP contribution in [-0.2, 0) is 30.3 Å². The molecule has 6 bridgehead atoms. The van der Waals surface area contributed by atoms with Gasteiger partial charge in [0.2, 0.25) is 11.8 Å². The number of aromatic hydroxyl groups is 1. The summed E-state index contributed by atoms with van der Waals surface area (Å²) in [6.45, 7) is 1.62. The molecule has 0 radical (unpaired) electrons. The van der Waals surface area contributed by atoms with E-state index in [4.69, 9.17) is 21.1 Å². The van der Waals surface area contributed by atoms with Gasteiger partial charge in [0.1, 0.15) is 18.0 Å². The van der Waals surface area contributed by atoms with Crippen molar-refractivity contribution in [2.24, 2.45) is 5.92 Å². The number of hydrogen-bond acceptors (Lipinski definition) is 10. The Bertz CT molecular complexity index is 1680. The summed E-state index contributed by atoms with van der Waals surface area (Å²) < 4.78 is 11.6. The Labute approximate surface area is 312 Å². The monoisotopic (exact) mass is 757 g/mol. The van der Waals surface area contributed by atoms with Crippen LogP contribution in [0.5, 0.6) is 5.75 Å². The normalized spacial score (nSPS) is 30.7. The number of ether oxygens (including phenoxy) is 2. The van der Waals surface area contributed by atoms with Gasteiger partial charge in [0.15, 0.2) is 5.60 Å². The van der Waals surface area contributed by atoms with Crippen LogP contribution in [-0.4, -0.2) is 105 Å². The molecular weight excluding hydrogens is 710 g/mol. The maximum absolute atomic E-state index is 13.4. The van der Waals surface area contributed by atoms with Gasteiger partial charge in [-0.25, -0.2) is 4.79 Å². The average Bonchev–Trinajstić information content (AvgIpc) is 3.13. The highest BCUT2D eigenvalue weighted by molar-refractivity contribution is 6.32. The fourth-order valence-electron chi connectivity index (χ4n) is 7.22. The number of carbonyl (C=O) groups excluding carboxylic acids is 3. The molecule has 8 N–H and O–H groups in total. The molecule has 3 heterocycles. The van der Waals surface area contributed by atoms with Gasteiger partial charge >= 0.3 is 5.97 Å². The lowest BCUT2D eigenvalue weighted by atomic mass is 9.81. The summed E-state index contributed by atoms with van der Waals surface area (Å²) in [6, 6.07) is 8.50. The second-order valence-corrected chi connectivity index (χ2v) is 14.5. The topological polar surface area (TPSA) is 224 Å². The van der Waals surface area contributed by atoms with Crippen LogP contribution in [0.15, 0.2) is 42.5 Å². The molecule has 2 fully saturated rings. The third kappa shape index (κ3) is 9.93. The van der Waals surface area contributed by atoms with Gasteiger partial charge in [-0.3, -0.25) is 14.4 Å². The molecule has 5 rings (SSSR count). The van der Waals surface area contributed by atoms with Crippen molar-refractivity contribution in [3.05, 3.63) is 69.8 Å². The molecule has 1 unspecified atom stereocenters. The molecule has 8 atom stereocenters. The molecule has 2 aromatic rings. The largest absolute Gasteiger partial charge is 0.506 e. The summed E-state index contributed by atoms with van der Waals surface area (Å²) >= 11 is 6.30. The number of aliphatic hydroxyl groups excluding tert-OH is 3. The van der Waals surface area contributed by atoms with E-state index in [0.29, 0.717) is 50.0 Å². The summed E-state index contributed by atoms with van der Waals surface area (Å²) in [7, 11) is 0. The van der Waals surface area contributed by atoms with Crippen molar-refractivity contribution >= 4 is 41.4 Å². The third-order valence-corrected chi connectivity index (χ3v) is 10.4. The van der Waals surface area contributed by atoms with E-state index in [1.807, 2.05) is 24.3 Å². The summed E-state index contributed by atoms with van der Waals surface area (Å²) in [5, 5.41) is 62.7. The lowest BCUT2D eigenvalue weighted by Gasteiger charge is -2.47. The molecule has 3 aliphatic heterocycles.